The van der Waals surface area contributed by atoms with Crippen molar-refractivity contribution in [1.29, 1.82) is 0 Å². The lowest BCUT2D eigenvalue weighted by Crippen LogP contribution is -2.27. The summed E-state index contributed by atoms with van der Waals surface area (Å²) in [6.07, 6.45) is 0. The van der Waals surface area contributed by atoms with Crippen LogP contribution in [0.2, 0.25) is 0 Å². The van der Waals surface area contributed by atoms with E-state index in [9.17, 15) is 14.3 Å². The van der Waals surface area contributed by atoms with E-state index in [-0.39, 0.29) is 17.4 Å². The number of nitrogens with zero attached hydrogens (tertiary/aromatic N) is 4. The minimum Gasteiger partial charge on any atom is -0.508 e. The minimum atomic E-state index is -0.390. The predicted octanol–water partition coefficient (Wildman–Crippen LogP) is 4.53. The Labute approximate surface area is 189 Å². The summed E-state index contributed by atoms with van der Waals surface area (Å²) >= 11 is 1.25. The molecule has 0 radical (unpaired) electrons. The summed E-state index contributed by atoms with van der Waals surface area (Å²) < 4.78 is 16.2. The summed E-state index contributed by atoms with van der Waals surface area (Å²) in [5, 5.41) is 18.4. The van der Waals surface area contributed by atoms with Crippen molar-refractivity contribution in [3.05, 3.63) is 90.2 Å². The lowest BCUT2D eigenvalue weighted by atomic mass is 10.2. The molecule has 0 fully saturated rings. The third-order valence-electron chi connectivity index (χ3n) is 4.87. The summed E-state index contributed by atoms with van der Waals surface area (Å²) in [5.41, 5.74) is 2.03. The van der Waals surface area contributed by atoms with Gasteiger partial charge in [0, 0.05) is 19.3 Å². The van der Waals surface area contributed by atoms with Crippen molar-refractivity contribution < 1.29 is 14.3 Å². The number of aromatic hydroxyl groups is 1. The number of hydrogen-bond acceptors (Lipinski definition) is 5. The fourth-order valence-corrected chi connectivity index (χ4v) is 4.08. The molecule has 0 saturated carbocycles. The summed E-state index contributed by atoms with van der Waals surface area (Å²) in [4.78, 5) is 14.3. The Kier molecular flexibility index (Phi) is 6.51. The quantitative estimate of drug-likeness (QED) is 0.421. The Morgan fingerprint density at radius 2 is 1.69 bits per heavy atom. The number of thioether (sulfide) groups is 1. The van der Waals surface area contributed by atoms with Crippen molar-refractivity contribution in [3.63, 3.8) is 0 Å². The van der Waals surface area contributed by atoms with Crippen molar-refractivity contribution >= 4 is 17.7 Å². The van der Waals surface area contributed by atoms with Gasteiger partial charge in [0.1, 0.15) is 11.6 Å². The molecule has 0 aliphatic carbocycles. The standard InChI is InChI=1S/C24H21FN4O2S/c1-28(15-17-11-13-19(30)14-12-17)22(31)16-32-24-27-26-23(20-9-5-6-10-21(20)25)29(24)18-7-3-2-4-8-18/h2-14,30H,15-16H2,1H3. The van der Waals surface area contributed by atoms with Gasteiger partial charge in [-0.05, 0) is 42.0 Å². The number of rotatable bonds is 7. The summed E-state index contributed by atoms with van der Waals surface area (Å²) in [6, 6.07) is 22.6. The van der Waals surface area contributed by atoms with E-state index in [1.807, 2.05) is 30.3 Å². The highest BCUT2D eigenvalue weighted by Gasteiger charge is 2.20. The van der Waals surface area contributed by atoms with Gasteiger partial charge in [0.15, 0.2) is 11.0 Å². The van der Waals surface area contributed by atoms with Crippen molar-refractivity contribution in [2.45, 2.75) is 11.7 Å². The van der Waals surface area contributed by atoms with Crippen molar-refractivity contribution in [2.24, 2.45) is 0 Å². The lowest BCUT2D eigenvalue weighted by molar-refractivity contribution is -0.127. The molecule has 0 aliphatic rings. The molecule has 0 unspecified atom stereocenters. The molecule has 3 aromatic carbocycles. The molecule has 32 heavy (non-hydrogen) atoms. The van der Waals surface area contributed by atoms with Gasteiger partial charge in [-0.2, -0.15) is 0 Å². The molecule has 162 valence electrons. The number of phenolic OH excluding ortho intramolecular Hbond substituents is 1. The third kappa shape index (κ3) is 4.81. The second-order valence-electron chi connectivity index (χ2n) is 7.16. The maximum Gasteiger partial charge on any atom is 0.233 e. The van der Waals surface area contributed by atoms with Crippen LogP contribution in [0, 0.1) is 5.82 Å². The van der Waals surface area contributed by atoms with Crippen LogP contribution in [0.15, 0.2) is 84.0 Å². The zero-order chi connectivity index (χ0) is 22.5. The van der Waals surface area contributed by atoms with Gasteiger partial charge in [-0.3, -0.25) is 9.36 Å². The SMILES string of the molecule is CN(Cc1ccc(O)cc1)C(=O)CSc1nnc(-c2ccccc2F)n1-c1ccccc1. The molecule has 1 amide bonds. The lowest BCUT2D eigenvalue weighted by Gasteiger charge is -2.17. The van der Waals surface area contributed by atoms with Gasteiger partial charge in [0.2, 0.25) is 5.91 Å². The Hall–Kier alpha value is -3.65. The van der Waals surface area contributed by atoms with Crippen molar-refractivity contribution in [3.8, 4) is 22.8 Å². The van der Waals surface area contributed by atoms with E-state index in [0.29, 0.717) is 23.1 Å². The van der Waals surface area contributed by atoms with Gasteiger partial charge in [-0.25, -0.2) is 4.39 Å². The van der Waals surface area contributed by atoms with E-state index >= 15 is 0 Å². The zero-order valence-corrected chi connectivity index (χ0v) is 18.2. The number of para-hydroxylation sites is 1. The first kappa shape index (κ1) is 21.6. The van der Waals surface area contributed by atoms with Crippen LogP contribution >= 0.6 is 11.8 Å². The van der Waals surface area contributed by atoms with Crippen LogP contribution in [0.4, 0.5) is 4.39 Å². The van der Waals surface area contributed by atoms with Crippen LogP contribution in [0.5, 0.6) is 5.75 Å². The highest BCUT2D eigenvalue weighted by molar-refractivity contribution is 7.99. The Morgan fingerprint density at radius 3 is 2.41 bits per heavy atom. The number of aromatic nitrogens is 3. The maximum absolute atomic E-state index is 14.5. The topological polar surface area (TPSA) is 71.2 Å². The molecular weight excluding hydrogens is 427 g/mol. The van der Waals surface area contributed by atoms with Crippen LogP contribution in [0.1, 0.15) is 5.56 Å². The zero-order valence-electron chi connectivity index (χ0n) is 17.4. The predicted molar refractivity (Wildman–Crippen MR) is 122 cm³/mol. The van der Waals surface area contributed by atoms with Gasteiger partial charge >= 0.3 is 0 Å². The van der Waals surface area contributed by atoms with Crippen LogP contribution < -0.4 is 0 Å². The van der Waals surface area contributed by atoms with E-state index in [1.165, 1.54) is 17.8 Å². The van der Waals surface area contributed by atoms with Crippen LogP contribution in [-0.2, 0) is 11.3 Å². The van der Waals surface area contributed by atoms with E-state index < -0.39 is 5.82 Å². The van der Waals surface area contributed by atoms with E-state index in [4.69, 9.17) is 0 Å². The Morgan fingerprint density at radius 1 is 1.00 bits per heavy atom. The second-order valence-corrected chi connectivity index (χ2v) is 8.10. The Bertz CT molecular complexity index is 1210. The molecule has 0 saturated heterocycles. The molecule has 4 aromatic rings. The number of carbonyl (C=O) groups excluding carboxylic acids is 1. The minimum absolute atomic E-state index is 0.0851. The molecule has 6 nitrogen and oxygen atoms in total. The first-order valence-corrected chi connectivity index (χ1v) is 10.9. The molecule has 1 N–H and O–H groups in total. The molecule has 0 bridgehead atoms. The molecule has 0 aliphatic heterocycles. The second kappa shape index (κ2) is 9.65. The number of benzene rings is 3. The number of carbonyl (C=O) groups is 1. The fourth-order valence-electron chi connectivity index (χ4n) is 3.19. The fraction of sp³-hybridized carbons (Fsp3) is 0.125. The molecule has 4 rings (SSSR count). The smallest absolute Gasteiger partial charge is 0.233 e. The van der Waals surface area contributed by atoms with Crippen molar-refractivity contribution in [1.82, 2.24) is 19.7 Å². The number of hydrogen-bond donors (Lipinski definition) is 1. The van der Waals surface area contributed by atoms with Gasteiger partial charge in [0.05, 0.1) is 11.3 Å². The van der Waals surface area contributed by atoms with E-state index in [1.54, 1.807) is 59.0 Å². The van der Waals surface area contributed by atoms with E-state index in [2.05, 4.69) is 10.2 Å². The van der Waals surface area contributed by atoms with E-state index in [0.717, 1.165) is 11.3 Å². The highest BCUT2D eigenvalue weighted by atomic mass is 32.2. The average Bonchev–Trinajstić information content (AvgIpc) is 3.23. The van der Waals surface area contributed by atoms with Crippen LogP contribution in [0.3, 0.4) is 0 Å². The van der Waals surface area contributed by atoms with Gasteiger partial charge in [0.25, 0.3) is 0 Å². The first-order chi connectivity index (χ1) is 15.5. The number of amides is 1. The van der Waals surface area contributed by atoms with Gasteiger partial charge < -0.3 is 10.0 Å². The summed E-state index contributed by atoms with van der Waals surface area (Å²) in [7, 11) is 1.72. The molecular formula is C24H21FN4O2S. The summed E-state index contributed by atoms with van der Waals surface area (Å²) in [6.45, 7) is 0.422. The average molecular weight is 449 g/mol. The number of phenols is 1. The highest BCUT2D eigenvalue weighted by Crippen LogP contribution is 2.29. The van der Waals surface area contributed by atoms with Crippen LogP contribution in [0.25, 0.3) is 17.1 Å². The molecule has 0 atom stereocenters. The normalized spacial score (nSPS) is 10.8. The Balaban J connectivity index is 1.55. The molecule has 8 heteroatoms. The summed E-state index contributed by atoms with van der Waals surface area (Å²) in [5.74, 6) is 0.235. The maximum atomic E-state index is 14.5. The van der Waals surface area contributed by atoms with Crippen molar-refractivity contribution in [2.75, 3.05) is 12.8 Å². The first-order valence-electron chi connectivity index (χ1n) is 9.93. The van der Waals surface area contributed by atoms with Gasteiger partial charge in [-0.1, -0.05) is 54.2 Å². The molecule has 1 aromatic heterocycles. The largest absolute Gasteiger partial charge is 0.508 e. The molecule has 1 heterocycles. The van der Waals surface area contributed by atoms with Gasteiger partial charge in [-0.15, -0.1) is 10.2 Å². The monoisotopic (exact) mass is 448 g/mol. The molecule has 0 spiro atoms. The van der Waals surface area contributed by atoms with Crippen LogP contribution in [-0.4, -0.2) is 43.5 Å². The number of halogens is 1. The third-order valence-corrected chi connectivity index (χ3v) is 5.78.